The van der Waals surface area contributed by atoms with Crippen molar-refractivity contribution in [3.63, 3.8) is 0 Å². The number of hydrogen-bond donors (Lipinski definition) is 0. The minimum Gasteiger partial charge on any atom is -0.495 e. The lowest BCUT2D eigenvalue weighted by Crippen LogP contribution is -2.37. The van der Waals surface area contributed by atoms with Crippen LogP contribution in [0.25, 0.3) is 0 Å². The average molecular weight is 435 g/mol. The SMILES string of the molecule is COCCN(CC(F)F)C(=O)c1ccc(OC)c(S(=O)(=O)N2CCCCCC2)c1. The summed E-state index contributed by atoms with van der Waals surface area (Å²) < 4.78 is 63.7. The largest absolute Gasteiger partial charge is 0.495 e. The smallest absolute Gasteiger partial charge is 0.255 e. The van der Waals surface area contributed by atoms with Crippen molar-refractivity contribution in [2.75, 3.05) is 47.0 Å². The molecule has 1 aliphatic rings. The van der Waals surface area contributed by atoms with Crippen molar-refractivity contribution in [2.24, 2.45) is 0 Å². The minimum atomic E-state index is -3.89. The number of halogens is 2. The number of sulfonamides is 1. The molecule has 0 spiro atoms. The molecule has 10 heteroatoms. The van der Waals surface area contributed by atoms with Gasteiger partial charge in [-0.3, -0.25) is 4.79 Å². The van der Waals surface area contributed by atoms with Gasteiger partial charge in [0.15, 0.2) is 0 Å². The Morgan fingerprint density at radius 2 is 1.83 bits per heavy atom. The molecule has 29 heavy (non-hydrogen) atoms. The highest BCUT2D eigenvalue weighted by Gasteiger charge is 2.30. The van der Waals surface area contributed by atoms with E-state index in [0.29, 0.717) is 13.1 Å². The first-order valence-electron chi connectivity index (χ1n) is 9.55. The van der Waals surface area contributed by atoms with Gasteiger partial charge < -0.3 is 14.4 Å². The molecule has 1 aliphatic heterocycles. The summed E-state index contributed by atoms with van der Waals surface area (Å²) in [6.45, 7) is 0.0971. The first-order chi connectivity index (χ1) is 13.8. The molecule has 7 nitrogen and oxygen atoms in total. The van der Waals surface area contributed by atoms with Crippen molar-refractivity contribution in [2.45, 2.75) is 37.0 Å². The van der Waals surface area contributed by atoms with Crippen molar-refractivity contribution < 1.29 is 31.5 Å². The van der Waals surface area contributed by atoms with Crippen LogP contribution in [-0.4, -0.2) is 77.0 Å². The predicted octanol–water partition coefficient (Wildman–Crippen LogP) is 2.61. The molecule has 0 saturated carbocycles. The van der Waals surface area contributed by atoms with Crippen LogP contribution in [0.3, 0.4) is 0 Å². The van der Waals surface area contributed by atoms with Gasteiger partial charge in [0, 0.05) is 32.3 Å². The number of alkyl halides is 2. The molecule has 1 heterocycles. The van der Waals surface area contributed by atoms with Crippen molar-refractivity contribution in [1.29, 1.82) is 0 Å². The third-order valence-corrected chi connectivity index (χ3v) is 6.72. The van der Waals surface area contributed by atoms with Gasteiger partial charge >= 0.3 is 0 Å². The highest BCUT2D eigenvalue weighted by atomic mass is 32.2. The van der Waals surface area contributed by atoms with Gasteiger partial charge in [-0.25, -0.2) is 17.2 Å². The second-order valence-electron chi connectivity index (χ2n) is 6.82. The summed E-state index contributed by atoms with van der Waals surface area (Å²) in [4.78, 5) is 13.6. The van der Waals surface area contributed by atoms with Crippen LogP contribution >= 0.6 is 0 Å². The van der Waals surface area contributed by atoms with Crippen LogP contribution < -0.4 is 4.74 Å². The van der Waals surface area contributed by atoms with Crippen molar-refractivity contribution >= 4 is 15.9 Å². The van der Waals surface area contributed by atoms with Crippen molar-refractivity contribution in [3.05, 3.63) is 23.8 Å². The molecular weight excluding hydrogens is 406 g/mol. The van der Waals surface area contributed by atoms with Gasteiger partial charge in [-0.15, -0.1) is 0 Å². The van der Waals surface area contributed by atoms with E-state index in [0.717, 1.165) is 30.6 Å². The quantitative estimate of drug-likeness (QED) is 0.597. The summed E-state index contributed by atoms with van der Waals surface area (Å²) in [6.07, 6.45) is 0.737. The molecule has 164 valence electrons. The zero-order valence-electron chi connectivity index (χ0n) is 16.8. The standard InChI is InChI=1S/C19H28F2N2O5S/c1-27-12-11-22(14-18(20)21)19(24)15-7-8-16(28-2)17(13-15)29(25,26)23-9-5-3-4-6-10-23/h7-8,13,18H,3-6,9-12,14H2,1-2H3. The second kappa shape index (κ2) is 10.8. The Balaban J connectivity index is 2.39. The monoisotopic (exact) mass is 434 g/mol. The molecule has 1 saturated heterocycles. The highest BCUT2D eigenvalue weighted by Crippen LogP contribution is 2.30. The van der Waals surface area contributed by atoms with Gasteiger partial charge in [0.2, 0.25) is 10.0 Å². The number of amides is 1. The van der Waals surface area contributed by atoms with Crippen LogP contribution in [0.4, 0.5) is 8.78 Å². The molecule has 0 N–H and O–H groups in total. The van der Waals surface area contributed by atoms with Gasteiger partial charge in [0.25, 0.3) is 12.3 Å². The van der Waals surface area contributed by atoms with E-state index in [1.165, 1.54) is 36.7 Å². The number of carbonyl (C=O) groups excluding carboxylic acids is 1. The molecule has 1 amide bonds. The third-order valence-electron chi connectivity index (χ3n) is 4.80. The molecular formula is C19H28F2N2O5S. The Hall–Kier alpha value is -1.78. The first kappa shape index (κ1) is 23.5. The number of hydrogen-bond acceptors (Lipinski definition) is 5. The molecule has 2 rings (SSSR count). The van der Waals surface area contributed by atoms with E-state index in [2.05, 4.69) is 0 Å². The fourth-order valence-electron chi connectivity index (χ4n) is 3.26. The Kier molecular flexibility index (Phi) is 8.79. The summed E-state index contributed by atoms with van der Waals surface area (Å²) in [5, 5.41) is 0. The lowest BCUT2D eigenvalue weighted by atomic mass is 10.2. The van der Waals surface area contributed by atoms with Crippen LogP contribution in [0.1, 0.15) is 36.0 Å². The van der Waals surface area contributed by atoms with Gasteiger partial charge in [-0.2, -0.15) is 4.31 Å². The second-order valence-corrected chi connectivity index (χ2v) is 8.73. The van der Waals surface area contributed by atoms with Crippen molar-refractivity contribution in [1.82, 2.24) is 9.21 Å². The van der Waals surface area contributed by atoms with E-state index in [9.17, 15) is 22.0 Å². The van der Waals surface area contributed by atoms with Crippen molar-refractivity contribution in [3.8, 4) is 5.75 Å². The number of rotatable bonds is 9. The Labute approximate surface area is 170 Å². The summed E-state index contributed by atoms with van der Waals surface area (Å²) in [5.74, 6) is -0.569. The Bertz CT molecular complexity index is 781. The fraction of sp³-hybridized carbons (Fsp3) is 0.632. The van der Waals surface area contributed by atoms with E-state index in [1.807, 2.05) is 0 Å². The maximum absolute atomic E-state index is 13.2. The van der Waals surface area contributed by atoms with Gasteiger partial charge in [0.05, 0.1) is 20.3 Å². The molecule has 1 aromatic rings. The molecule has 0 unspecified atom stereocenters. The maximum atomic E-state index is 13.2. The van der Waals surface area contributed by atoms with E-state index in [4.69, 9.17) is 9.47 Å². The van der Waals surface area contributed by atoms with Crippen LogP contribution in [-0.2, 0) is 14.8 Å². The molecule has 1 aromatic carbocycles. The van der Waals surface area contributed by atoms with E-state index in [1.54, 1.807) is 0 Å². The van der Waals surface area contributed by atoms with Crippen LogP contribution in [0.15, 0.2) is 23.1 Å². The summed E-state index contributed by atoms with van der Waals surface area (Å²) >= 11 is 0. The fourth-order valence-corrected chi connectivity index (χ4v) is 4.96. The van der Waals surface area contributed by atoms with Crippen LogP contribution in [0.5, 0.6) is 5.75 Å². The number of carbonyl (C=O) groups is 1. The molecule has 0 aliphatic carbocycles. The van der Waals surface area contributed by atoms with Gasteiger partial charge in [-0.1, -0.05) is 12.8 Å². The number of nitrogens with zero attached hydrogens (tertiary/aromatic N) is 2. The topological polar surface area (TPSA) is 76.1 Å². The molecule has 0 radical (unpaired) electrons. The molecule has 1 fully saturated rings. The molecule has 0 aromatic heterocycles. The predicted molar refractivity (Wildman–Crippen MR) is 104 cm³/mol. The third kappa shape index (κ3) is 6.10. The van der Waals surface area contributed by atoms with Crippen LogP contribution in [0.2, 0.25) is 0 Å². The van der Waals surface area contributed by atoms with E-state index < -0.39 is 28.9 Å². The minimum absolute atomic E-state index is 0.0101. The van der Waals surface area contributed by atoms with Crippen LogP contribution in [0, 0.1) is 0 Å². The van der Waals surface area contributed by atoms with Gasteiger partial charge in [0.1, 0.15) is 10.6 Å². The Morgan fingerprint density at radius 1 is 1.17 bits per heavy atom. The summed E-state index contributed by atoms with van der Waals surface area (Å²) in [7, 11) is -1.13. The number of methoxy groups -OCH3 is 2. The molecule has 0 bridgehead atoms. The Morgan fingerprint density at radius 3 is 2.38 bits per heavy atom. The van der Waals surface area contributed by atoms with E-state index >= 15 is 0 Å². The molecule has 0 atom stereocenters. The maximum Gasteiger partial charge on any atom is 0.255 e. The lowest BCUT2D eigenvalue weighted by Gasteiger charge is -2.24. The normalized spacial score (nSPS) is 15.9. The summed E-state index contributed by atoms with van der Waals surface area (Å²) in [5.41, 5.74) is 0.0101. The van der Waals surface area contributed by atoms with Gasteiger partial charge in [-0.05, 0) is 31.0 Å². The number of ether oxygens (including phenoxy) is 2. The lowest BCUT2D eigenvalue weighted by molar-refractivity contribution is 0.0478. The summed E-state index contributed by atoms with van der Waals surface area (Å²) in [6, 6.07) is 3.98. The average Bonchev–Trinajstić information content (AvgIpc) is 3.00. The first-order valence-corrected chi connectivity index (χ1v) is 11.0. The zero-order valence-corrected chi connectivity index (χ0v) is 17.6. The van der Waals surface area contributed by atoms with E-state index in [-0.39, 0.29) is 29.4 Å². The number of benzene rings is 1. The highest BCUT2D eigenvalue weighted by molar-refractivity contribution is 7.89. The zero-order chi connectivity index (χ0) is 21.4.